The molecule has 0 radical (unpaired) electrons. The first-order valence-electron chi connectivity index (χ1n) is 8.75. The Kier molecular flexibility index (Phi) is 4.43. The van der Waals surface area contributed by atoms with Gasteiger partial charge in [-0.2, -0.15) is 0 Å². The van der Waals surface area contributed by atoms with Crippen molar-refractivity contribution in [1.82, 2.24) is 0 Å². The lowest BCUT2D eigenvalue weighted by Gasteiger charge is -2.61. The highest BCUT2D eigenvalue weighted by Gasteiger charge is 2.60. The van der Waals surface area contributed by atoms with Crippen molar-refractivity contribution < 1.29 is 10.2 Å². The smallest absolute Gasteiger partial charge is 0.0911 e. The maximum Gasteiger partial charge on any atom is 0.0911 e. The fourth-order valence-electron chi connectivity index (χ4n) is 5.25. The van der Waals surface area contributed by atoms with E-state index < -0.39 is 11.2 Å². The van der Waals surface area contributed by atoms with Crippen LogP contribution in [0.15, 0.2) is 24.8 Å². The second-order valence-corrected chi connectivity index (χ2v) is 8.88. The summed E-state index contributed by atoms with van der Waals surface area (Å²) in [5.41, 5.74) is -0.711. The molecule has 2 nitrogen and oxygen atoms in total. The highest BCUT2D eigenvalue weighted by Crippen LogP contribution is 2.63. The highest BCUT2D eigenvalue weighted by atomic mass is 16.3. The van der Waals surface area contributed by atoms with Crippen LogP contribution in [0.25, 0.3) is 0 Å². The zero-order chi connectivity index (χ0) is 16.8. The van der Waals surface area contributed by atoms with Gasteiger partial charge in [0.2, 0.25) is 0 Å². The molecule has 0 spiro atoms. The van der Waals surface area contributed by atoms with Crippen molar-refractivity contribution in [3.05, 3.63) is 24.8 Å². The summed E-state index contributed by atoms with van der Waals surface area (Å²) >= 11 is 0. The molecule has 2 N–H and O–H groups in total. The van der Waals surface area contributed by atoms with Crippen molar-refractivity contribution in [3.63, 3.8) is 0 Å². The Hall–Kier alpha value is -0.600. The molecule has 2 heteroatoms. The molecule has 1 unspecified atom stereocenters. The lowest BCUT2D eigenvalue weighted by atomic mass is 9.45. The van der Waals surface area contributed by atoms with Crippen LogP contribution in [-0.4, -0.2) is 21.4 Å². The van der Waals surface area contributed by atoms with Gasteiger partial charge in [-0.15, -0.1) is 6.58 Å². The number of hydrogen-bond donors (Lipinski definition) is 2. The average molecular weight is 306 g/mol. The van der Waals surface area contributed by atoms with E-state index in [2.05, 4.69) is 33.9 Å². The number of aliphatic hydroxyl groups is 2. The van der Waals surface area contributed by atoms with E-state index in [4.69, 9.17) is 0 Å². The van der Waals surface area contributed by atoms with Crippen LogP contribution in [0.2, 0.25) is 0 Å². The van der Waals surface area contributed by atoms with Gasteiger partial charge in [-0.1, -0.05) is 39.8 Å². The van der Waals surface area contributed by atoms with E-state index in [-0.39, 0.29) is 10.8 Å². The molecule has 22 heavy (non-hydrogen) atoms. The second-order valence-electron chi connectivity index (χ2n) is 8.88. The molecule has 0 saturated heterocycles. The first-order chi connectivity index (χ1) is 9.98. The van der Waals surface area contributed by atoms with Crippen LogP contribution in [0.4, 0.5) is 0 Å². The molecule has 0 aromatic rings. The molecule has 0 heterocycles. The maximum absolute atomic E-state index is 11.6. The molecule has 0 amide bonds. The minimum Gasteiger partial charge on any atom is -0.386 e. The van der Waals surface area contributed by atoms with Crippen molar-refractivity contribution in [3.8, 4) is 0 Å². The van der Waals surface area contributed by atoms with Crippen molar-refractivity contribution in [2.24, 2.45) is 16.7 Å². The molecule has 126 valence electrons. The van der Waals surface area contributed by atoms with Gasteiger partial charge in [-0.3, -0.25) is 0 Å². The summed E-state index contributed by atoms with van der Waals surface area (Å²) in [4.78, 5) is 0. The summed E-state index contributed by atoms with van der Waals surface area (Å²) in [5, 5.41) is 21.9. The van der Waals surface area contributed by atoms with Gasteiger partial charge in [0.05, 0.1) is 11.2 Å². The Morgan fingerprint density at radius 2 is 1.95 bits per heavy atom. The van der Waals surface area contributed by atoms with Crippen LogP contribution in [0.3, 0.4) is 0 Å². The second kappa shape index (κ2) is 5.49. The lowest BCUT2D eigenvalue weighted by Crippen LogP contribution is -2.60. The fourth-order valence-corrected chi connectivity index (χ4v) is 5.25. The van der Waals surface area contributed by atoms with Gasteiger partial charge in [-0.05, 0) is 62.4 Å². The third-order valence-electron chi connectivity index (χ3n) is 6.93. The van der Waals surface area contributed by atoms with E-state index in [1.165, 1.54) is 6.42 Å². The number of fused-ring (bicyclic) bond motifs is 1. The molecular formula is C20H34O2. The average Bonchev–Trinajstić information content (AvgIpc) is 2.42. The molecule has 0 aromatic carbocycles. The summed E-state index contributed by atoms with van der Waals surface area (Å²) in [6.45, 7) is 16.6. The van der Waals surface area contributed by atoms with Gasteiger partial charge in [0, 0.05) is 5.41 Å². The number of rotatable bonds is 4. The summed E-state index contributed by atoms with van der Waals surface area (Å²) in [7, 11) is 0. The van der Waals surface area contributed by atoms with Gasteiger partial charge in [0.15, 0.2) is 0 Å². The topological polar surface area (TPSA) is 40.5 Å². The number of hydrogen-bond acceptors (Lipinski definition) is 2. The van der Waals surface area contributed by atoms with Crippen molar-refractivity contribution in [2.45, 2.75) is 83.8 Å². The third kappa shape index (κ3) is 2.69. The summed E-state index contributed by atoms with van der Waals surface area (Å²) < 4.78 is 0. The normalized spacial score (nSPS) is 40.6. The van der Waals surface area contributed by atoms with Crippen LogP contribution in [0, 0.1) is 16.7 Å². The van der Waals surface area contributed by atoms with Crippen LogP contribution in [0.5, 0.6) is 0 Å². The monoisotopic (exact) mass is 306 g/mol. The van der Waals surface area contributed by atoms with E-state index in [9.17, 15) is 10.2 Å². The van der Waals surface area contributed by atoms with E-state index in [1.54, 1.807) is 13.0 Å². The van der Waals surface area contributed by atoms with Crippen molar-refractivity contribution in [2.75, 3.05) is 0 Å². The zero-order valence-electron chi connectivity index (χ0n) is 14.9. The highest BCUT2D eigenvalue weighted by molar-refractivity contribution is 5.25. The first-order valence-corrected chi connectivity index (χ1v) is 8.75. The van der Waals surface area contributed by atoms with Crippen molar-refractivity contribution in [1.29, 1.82) is 0 Å². The molecule has 0 bridgehead atoms. The van der Waals surface area contributed by atoms with Gasteiger partial charge < -0.3 is 10.2 Å². The van der Waals surface area contributed by atoms with E-state index in [0.29, 0.717) is 18.8 Å². The minimum absolute atomic E-state index is 0.138. The molecule has 2 rings (SSSR count). The van der Waals surface area contributed by atoms with Crippen LogP contribution in [-0.2, 0) is 0 Å². The van der Waals surface area contributed by atoms with Gasteiger partial charge in [0.25, 0.3) is 0 Å². The molecule has 2 aliphatic carbocycles. The van der Waals surface area contributed by atoms with Crippen LogP contribution >= 0.6 is 0 Å². The summed E-state index contributed by atoms with van der Waals surface area (Å²) in [5.74, 6) is 0.512. The summed E-state index contributed by atoms with van der Waals surface area (Å²) in [6, 6.07) is 0. The van der Waals surface area contributed by atoms with Crippen LogP contribution < -0.4 is 0 Å². The first kappa shape index (κ1) is 17.7. The Bertz CT molecular complexity index is 462. The van der Waals surface area contributed by atoms with Gasteiger partial charge >= 0.3 is 0 Å². The quantitative estimate of drug-likeness (QED) is 0.744. The van der Waals surface area contributed by atoms with Gasteiger partial charge in [0.1, 0.15) is 0 Å². The molecular weight excluding hydrogens is 272 g/mol. The Morgan fingerprint density at radius 3 is 2.55 bits per heavy atom. The lowest BCUT2D eigenvalue weighted by molar-refractivity contribution is -0.161. The Labute approximate surface area is 136 Å². The van der Waals surface area contributed by atoms with E-state index >= 15 is 0 Å². The Balaban J connectivity index is 2.34. The zero-order valence-corrected chi connectivity index (χ0v) is 14.9. The molecule has 2 saturated carbocycles. The molecule has 0 aromatic heterocycles. The van der Waals surface area contributed by atoms with Crippen molar-refractivity contribution >= 4 is 0 Å². The molecule has 2 fully saturated rings. The fraction of sp³-hybridized carbons (Fsp3) is 0.800. The van der Waals surface area contributed by atoms with E-state index in [1.807, 2.05) is 0 Å². The predicted molar refractivity (Wildman–Crippen MR) is 92.6 cm³/mol. The standard InChI is InChI=1S/C20H34O2/c1-7-18(5,21)13-14-20(22)15(2)9-10-16-17(3,4)11-8-12-19(16,20)6/h7,16,21-22H,1-2,8-14H2,3-6H3/t16?,18-,19+,20-/m1/s1. The summed E-state index contributed by atoms with van der Waals surface area (Å²) in [6.07, 6.45) is 8.13. The molecule has 4 atom stereocenters. The minimum atomic E-state index is -0.927. The predicted octanol–water partition coefficient (Wildman–Crippen LogP) is 4.62. The SMILES string of the molecule is C=C[C@@](C)(O)CC[C@@]1(O)C(=C)CCC2C(C)(C)CCC[C@@]21C. The molecule has 0 aliphatic heterocycles. The van der Waals surface area contributed by atoms with E-state index in [0.717, 1.165) is 31.3 Å². The molecule has 2 aliphatic rings. The van der Waals surface area contributed by atoms with Gasteiger partial charge in [-0.25, -0.2) is 0 Å². The maximum atomic E-state index is 11.6. The largest absolute Gasteiger partial charge is 0.386 e. The Morgan fingerprint density at radius 1 is 1.32 bits per heavy atom. The van der Waals surface area contributed by atoms with Crippen LogP contribution in [0.1, 0.15) is 72.6 Å². The third-order valence-corrected chi connectivity index (χ3v) is 6.93.